The summed E-state index contributed by atoms with van der Waals surface area (Å²) < 4.78 is 7.34. The Bertz CT molecular complexity index is 1040. The molecule has 0 aliphatic rings. The van der Waals surface area contributed by atoms with E-state index in [1.807, 2.05) is 78.9 Å². The molecule has 134 valence electrons. The zero-order chi connectivity index (χ0) is 18.5. The predicted molar refractivity (Wildman–Crippen MR) is 103 cm³/mol. The van der Waals surface area contributed by atoms with Gasteiger partial charge in [-0.1, -0.05) is 47.7 Å². The van der Waals surface area contributed by atoms with Gasteiger partial charge in [-0.2, -0.15) is 0 Å². The van der Waals surface area contributed by atoms with Gasteiger partial charge in [0.1, 0.15) is 24.4 Å². The molecule has 1 N–H and O–H groups in total. The highest BCUT2D eigenvalue weighted by atomic mass is 16.5. The zero-order valence-electron chi connectivity index (χ0n) is 14.6. The van der Waals surface area contributed by atoms with Crippen molar-refractivity contribution in [2.24, 2.45) is 0 Å². The largest absolute Gasteiger partial charge is 0.489 e. The van der Waals surface area contributed by atoms with Crippen LogP contribution in [0.3, 0.4) is 0 Å². The molecule has 0 aliphatic carbocycles. The van der Waals surface area contributed by atoms with E-state index in [-0.39, 0.29) is 12.5 Å². The standard InChI is InChI=1S/C21H18N4O2/c26-21(14-25-20-9-5-4-8-19(20)23-24-25)22-17-10-12-18(13-11-17)27-15-16-6-2-1-3-7-16/h1-13H,14-15H2,(H,22,26). The van der Waals surface area contributed by atoms with Crippen molar-refractivity contribution in [3.05, 3.63) is 84.4 Å². The second-order valence-corrected chi connectivity index (χ2v) is 6.08. The van der Waals surface area contributed by atoms with E-state index in [2.05, 4.69) is 15.6 Å². The fraction of sp³-hybridized carbons (Fsp3) is 0.0952. The van der Waals surface area contributed by atoms with Crippen molar-refractivity contribution in [2.45, 2.75) is 13.2 Å². The van der Waals surface area contributed by atoms with E-state index in [0.29, 0.717) is 12.3 Å². The lowest BCUT2D eigenvalue weighted by molar-refractivity contribution is -0.116. The van der Waals surface area contributed by atoms with Crippen LogP contribution in [0, 0.1) is 0 Å². The zero-order valence-corrected chi connectivity index (χ0v) is 14.6. The normalized spacial score (nSPS) is 10.7. The molecule has 1 aromatic heterocycles. The first-order valence-electron chi connectivity index (χ1n) is 8.63. The highest BCUT2D eigenvalue weighted by Crippen LogP contribution is 2.17. The van der Waals surface area contributed by atoms with E-state index in [1.54, 1.807) is 4.68 Å². The number of amides is 1. The average molecular weight is 358 g/mol. The van der Waals surface area contributed by atoms with E-state index in [4.69, 9.17) is 4.74 Å². The molecule has 0 unspecified atom stereocenters. The molecule has 4 rings (SSSR count). The second-order valence-electron chi connectivity index (χ2n) is 6.08. The van der Waals surface area contributed by atoms with E-state index in [0.717, 1.165) is 22.3 Å². The minimum Gasteiger partial charge on any atom is -0.489 e. The number of fused-ring (bicyclic) bond motifs is 1. The molecule has 1 heterocycles. The summed E-state index contributed by atoms with van der Waals surface area (Å²) in [5.41, 5.74) is 3.41. The van der Waals surface area contributed by atoms with Gasteiger partial charge in [-0.05, 0) is 42.0 Å². The molecule has 0 bridgehead atoms. The molecule has 3 aromatic carbocycles. The van der Waals surface area contributed by atoms with Crippen LogP contribution in [0.1, 0.15) is 5.56 Å². The van der Waals surface area contributed by atoms with Gasteiger partial charge in [-0.25, -0.2) is 4.68 Å². The van der Waals surface area contributed by atoms with Crippen molar-refractivity contribution in [2.75, 3.05) is 5.32 Å². The Kier molecular flexibility index (Phi) is 4.78. The first-order valence-corrected chi connectivity index (χ1v) is 8.63. The van der Waals surface area contributed by atoms with E-state index < -0.39 is 0 Å². The van der Waals surface area contributed by atoms with Gasteiger partial charge in [-0.15, -0.1) is 5.10 Å². The molecule has 0 radical (unpaired) electrons. The number of benzene rings is 3. The van der Waals surface area contributed by atoms with Gasteiger partial charge < -0.3 is 10.1 Å². The minimum absolute atomic E-state index is 0.104. The maximum Gasteiger partial charge on any atom is 0.246 e. The molecule has 6 nitrogen and oxygen atoms in total. The summed E-state index contributed by atoms with van der Waals surface area (Å²) in [4.78, 5) is 12.3. The SMILES string of the molecule is O=C(Cn1nnc2ccccc21)Nc1ccc(OCc2ccccc2)cc1. The second kappa shape index (κ2) is 7.70. The first-order chi connectivity index (χ1) is 13.3. The minimum atomic E-state index is -0.163. The highest BCUT2D eigenvalue weighted by molar-refractivity contribution is 5.91. The fourth-order valence-corrected chi connectivity index (χ4v) is 2.75. The van der Waals surface area contributed by atoms with Crippen molar-refractivity contribution in [3.8, 4) is 5.75 Å². The Labute approximate surface area is 156 Å². The van der Waals surface area contributed by atoms with Gasteiger partial charge in [-0.3, -0.25) is 4.79 Å². The molecule has 0 atom stereocenters. The number of para-hydroxylation sites is 1. The molecular weight excluding hydrogens is 340 g/mol. The topological polar surface area (TPSA) is 69.0 Å². The number of aromatic nitrogens is 3. The lowest BCUT2D eigenvalue weighted by Crippen LogP contribution is -2.19. The Balaban J connectivity index is 1.34. The van der Waals surface area contributed by atoms with Gasteiger partial charge in [0.2, 0.25) is 5.91 Å². The maximum absolute atomic E-state index is 12.3. The number of ether oxygens (including phenoxy) is 1. The summed E-state index contributed by atoms with van der Waals surface area (Å²) in [6, 6.07) is 24.8. The Hall–Kier alpha value is -3.67. The maximum atomic E-state index is 12.3. The third kappa shape index (κ3) is 4.12. The molecule has 4 aromatic rings. The lowest BCUT2D eigenvalue weighted by atomic mass is 10.2. The van der Waals surface area contributed by atoms with Gasteiger partial charge >= 0.3 is 0 Å². The van der Waals surface area contributed by atoms with Crippen molar-refractivity contribution in [1.82, 2.24) is 15.0 Å². The van der Waals surface area contributed by atoms with Crippen LogP contribution in [0.25, 0.3) is 11.0 Å². The van der Waals surface area contributed by atoms with E-state index >= 15 is 0 Å². The van der Waals surface area contributed by atoms with Gasteiger partial charge in [0, 0.05) is 5.69 Å². The van der Waals surface area contributed by atoms with Crippen LogP contribution in [-0.2, 0) is 17.9 Å². The number of rotatable bonds is 6. The van der Waals surface area contributed by atoms with E-state index in [1.165, 1.54) is 0 Å². The number of hydrogen-bond donors (Lipinski definition) is 1. The third-order valence-electron chi connectivity index (χ3n) is 4.10. The quantitative estimate of drug-likeness (QED) is 0.571. The Morgan fingerprint density at radius 3 is 2.48 bits per heavy atom. The molecule has 0 fully saturated rings. The van der Waals surface area contributed by atoms with Gasteiger partial charge in [0.25, 0.3) is 0 Å². The van der Waals surface area contributed by atoms with Crippen LogP contribution in [0.5, 0.6) is 5.75 Å². The molecule has 0 aliphatic heterocycles. The van der Waals surface area contributed by atoms with Crippen LogP contribution in [0.15, 0.2) is 78.9 Å². The fourth-order valence-electron chi connectivity index (χ4n) is 2.75. The monoisotopic (exact) mass is 358 g/mol. The molecule has 6 heteroatoms. The molecule has 1 amide bonds. The summed E-state index contributed by atoms with van der Waals surface area (Å²) in [5.74, 6) is 0.586. The number of carbonyl (C=O) groups is 1. The van der Waals surface area contributed by atoms with Crippen LogP contribution in [0.2, 0.25) is 0 Å². The summed E-state index contributed by atoms with van der Waals surface area (Å²) in [6.07, 6.45) is 0. The summed E-state index contributed by atoms with van der Waals surface area (Å²) in [6.45, 7) is 0.610. The van der Waals surface area contributed by atoms with Crippen molar-refractivity contribution < 1.29 is 9.53 Å². The molecule has 0 spiro atoms. The molecule has 0 saturated carbocycles. The molecular formula is C21H18N4O2. The van der Waals surface area contributed by atoms with Crippen LogP contribution < -0.4 is 10.1 Å². The van der Waals surface area contributed by atoms with Crippen molar-refractivity contribution >= 4 is 22.6 Å². The Morgan fingerprint density at radius 1 is 0.926 bits per heavy atom. The summed E-state index contributed by atoms with van der Waals surface area (Å²) in [5, 5.41) is 10.9. The molecule has 27 heavy (non-hydrogen) atoms. The predicted octanol–water partition coefficient (Wildman–Crippen LogP) is 3.65. The number of nitrogens with one attached hydrogen (secondary N) is 1. The lowest BCUT2D eigenvalue weighted by Gasteiger charge is -2.09. The van der Waals surface area contributed by atoms with Crippen LogP contribution >= 0.6 is 0 Å². The summed E-state index contributed by atoms with van der Waals surface area (Å²) in [7, 11) is 0. The average Bonchev–Trinajstić information content (AvgIpc) is 3.11. The smallest absolute Gasteiger partial charge is 0.246 e. The van der Waals surface area contributed by atoms with E-state index in [9.17, 15) is 4.79 Å². The number of anilines is 1. The van der Waals surface area contributed by atoms with Gasteiger partial charge in [0.05, 0.1) is 5.52 Å². The number of carbonyl (C=O) groups excluding carboxylic acids is 1. The van der Waals surface area contributed by atoms with Crippen LogP contribution in [-0.4, -0.2) is 20.9 Å². The summed E-state index contributed by atoms with van der Waals surface area (Å²) >= 11 is 0. The van der Waals surface area contributed by atoms with Crippen molar-refractivity contribution in [1.29, 1.82) is 0 Å². The third-order valence-corrected chi connectivity index (χ3v) is 4.10. The Morgan fingerprint density at radius 2 is 1.67 bits per heavy atom. The number of hydrogen-bond acceptors (Lipinski definition) is 4. The molecule has 0 saturated heterocycles. The van der Waals surface area contributed by atoms with Crippen molar-refractivity contribution in [3.63, 3.8) is 0 Å². The van der Waals surface area contributed by atoms with Crippen LogP contribution in [0.4, 0.5) is 5.69 Å². The number of nitrogens with zero attached hydrogens (tertiary/aromatic N) is 3. The highest BCUT2D eigenvalue weighted by Gasteiger charge is 2.09. The van der Waals surface area contributed by atoms with Gasteiger partial charge in [0.15, 0.2) is 0 Å². The first kappa shape index (κ1) is 16.8.